The number of aromatic nitrogens is 3. The largest absolute Gasteiger partial charge is 0.493 e. The molecular weight excluding hydrogens is 541 g/mol. The highest BCUT2D eigenvalue weighted by molar-refractivity contribution is 6.05. The van der Waals surface area contributed by atoms with E-state index in [0.717, 1.165) is 26.2 Å². The summed E-state index contributed by atoms with van der Waals surface area (Å²) in [6.07, 6.45) is -6.29. The molecule has 1 amide bonds. The van der Waals surface area contributed by atoms with Crippen LogP contribution < -0.4 is 15.8 Å². The summed E-state index contributed by atoms with van der Waals surface area (Å²) in [7, 11) is 1.08. The highest BCUT2D eigenvalue weighted by Gasteiger charge is 2.65. The lowest BCUT2D eigenvalue weighted by Crippen LogP contribution is -2.46. The number of fused-ring (bicyclic) bond motifs is 1. The lowest BCUT2D eigenvalue weighted by Gasteiger charge is -2.32. The van der Waals surface area contributed by atoms with Crippen LogP contribution in [0.5, 0.6) is 5.75 Å². The number of pyridine rings is 1. The minimum absolute atomic E-state index is 0.00150. The van der Waals surface area contributed by atoms with Gasteiger partial charge in [0.2, 0.25) is 11.7 Å². The third-order valence-electron chi connectivity index (χ3n) is 7.09. The van der Waals surface area contributed by atoms with Crippen molar-refractivity contribution in [1.29, 1.82) is 5.41 Å². The summed E-state index contributed by atoms with van der Waals surface area (Å²) in [4.78, 5) is 27.2. The van der Waals surface area contributed by atoms with Crippen molar-refractivity contribution in [2.45, 2.75) is 44.1 Å². The lowest BCUT2D eigenvalue weighted by molar-refractivity contribution is -0.275. The predicted octanol–water partition coefficient (Wildman–Crippen LogP) is 4.37. The second kappa shape index (κ2) is 10.4. The molecule has 0 unspecified atom stereocenters. The van der Waals surface area contributed by atoms with Gasteiger partial charge in [0.25, 0.3) is 0 Å². The highest BCUT2D eigenvalue weighted by Crippen LogP contribution is 2.59. The zero-order valence-electron chi connectivity index (χ0n) is 21.6. The number of hydrogen-bond acceptors (Lipinski definition) is 7. The molecule has 40 heavy (non-hydrogen) atoms. The molecule has 0 aliphatic carbocycles. The summed E-state index contributed by atoms with van der Waals surface area (Å²) < 4.78 is 82.3. The Bertz CT molecular complexity index is 1490. The summed E-state index contributed by atoms with van der Waals surface area (Å²) in [6, 6.07) is 3.31. The molecule has 0 spiro atoms. The average Bonchev–Trinajstić information content (AvgIpc) is 3.42. The van der Waals surface area contributed by atoms with E-state index in [1.54, 1.807) is 0 Å². The first-order valence-corrected chi connectivity index (χ1v) is 12.0. The van der Waals surface area contributed by atoms with Gasteiger partial charge in [-0.2, -0.15) is 17.6 Å². The number of amidine groups is 1. The highest BCUT2D eigenvalue weighted by atomic mass is 19.4. The van der Waals surface area contributed by atoms with E-state index >= 15 is 0 Å². The van der Waals surface area contributed by atoms with Crippen LogP contribution in [0.2, 0.25) is 0 Å². The molecule has 1 saturated heterocycles. The van der Waals surface area contributed by atoms with Crippen LogP contribution in [0, 0.1) is 23.0 Å². The molecule has 2 aromatic heterocycles. The topological polar surface area (TPSA) is 151 Å². The van der Waals surface area contributed by atoms with Gasteiger partial charge in [-0.3, -0.25) is 10.2 Å². The Morgan fingerprint density at radius 3 is 2.65 bits per heavy atom. The zero-order valence-corrected chi connectivity index (χ0v) is 21.6. The average molecular weight is 568 g/mol. The number of rotatable bonds is 8. The molecule has 0 radical (unpaired) electrons. The molecule has 3 heterocycles. The van der Waals surface area contributed by atoms with Gasteiger partial charge in [-0.15, -0.1) is 0 Å². The monoisotopic (exact) mass is 567 g/mol. The number of carbonyl (C=O) groups excluding carboxylic acids is 1. The molecule has 1 aromatic carbocycles. The van der Waals surface area contributed by atoms with Gasteiger partial charge in [0.15, 0.2) is 17.2 Å². The Morgan fingerprint density at radius 1 is 1.35 bits per heavy atom. The quantitative estimate of drug-likeness (QED) is 0.180. The van der Waals surface area contributed by atoms with Crippen LogP contribution in [0.15, 0.2) is 23.2 Å². The molecule has 15 heteroatoms. The maximum atomic E-state index is 14.7. The minimum Gasteiger partial charge on any atom is -0.493 e. The summed E-state index contributed by atoms with van der Waals surface area (Å²) in [5, 5.41) is 10.5. The number of nitrogens with two attached hydrogens (primary N) is 1. The molecule has 1 fully saturated rings. The van der Waals surface area contributed by atoms with Gasteiger partial charge in [0.1, 0.15) is 34.8 Å². The molecule has 10 nitrogen and oxygen atoms in total. The molecular formula is C25H26F5N7O3. The van der Waals surface area contributed by atoms with Crippen LogP contribution in [0.3, 0.4) is 0 Å². The number of carbonyl (C=O) groups is 1. The molecule has 4 atom stereocenters. The normalized spacial score (nSPS) is 22.9. The number of imidazole rings is 1. The maximum absolute atomic E-state index is 14.7. The molecule has 1 aliphatic heterocycles. The van der Waals surface area contributed by atoms with Crippen LogP contribution in [-0.4, -0.2) is 58.8 Å². The molecule has 1 aliphatic rings. The van der Waals surface area contributed by atoms with E-state index in [-0.39, 0.29) is 46.9 Å². The number of nitrogens with one attached hydrogen (secondary N) is 3. The Hall–Kier alpha value is -4.14. The number of benzene rings is 1. The standard InChI is InChI=1S/C25H26F5N7O3/c1-10-16(11-5-6-12(26)17(27)20(11)39-4)21(40-24(10,2)25(28,29)30)23-34-13-9-14(35-15(38)7-8-33-3)36-19(22(31)32)18(13)37-23/h5-6,9-10,16,21H,3,7-8H2,1-2,4H3,(H3,31,32)(H,34,37)(H,35,36,38)/t10-,16-,21+,24+/m0/s1. The Balaban J connectivity index is 1.88. The summed E-state index contributed by atoms with van der Waals surface area (Å²) in [5.41, 5.74) is 2.98. The predicted molar refractivity (Wildman–Crippen MR) is 136 cm³/mol. The van der Waals surface area contributed by atoms with Crippen molar-refractivity contribution in [3.8, 4) is 5.75 Å². The summed E-state index contributed by atoms with van der Waals surface area (Å²) >= 11 is 0. The lowest BCUT2D eigenvalue weighted by atomic mass is 9.77. The van der Waals surface area contributed by atoms with Gasteiger partial charge in [0, 0.05) is 36.4 Å². The molecule has 3 aromatic rings. The van der Waals surface area contributed by atoms with Crippen LogP contribution >= 0.6 is 0 Å². The first-order valence-electron chi connectivity index (χ1n) is 12.0. The Kier molecular flexibility index (Phi) is 7.53. The van der Waals surface area contributed by atoms with Crippen molar-refractivity contribution in [2.75, 3.05) is 19.0 Å². The second-order valence-corrected chi connectivity index (χ2v) is 9.47. The number of anilines is 1. The van der Waals surface area contributed by atoms with Gasteiger partial charge in [-0.1, -0.05) is 13.0 Å². The van der Waals surface area contributed by atoms with E-state index in [0.29, 0.717) is 0 Å². The Morgan fingerprint density at radius 2 is 2.05 bits per heavy atom. The number of nitrogens with zero attached hydrogens (tertiary/aromatic N) is 3. The van der Waals surface area contributed by atoms with Gasteiger partial charge in [-0.25, -0.2) is 14.4 Å². The number of amides is 1. The number of nitrogen functional groups attached to an aromatic ring is 1. The van der Waals surface area contributed by atoms with E-state index in [1.807, 2.05) is 0 Å². The number of hydrogen-bond donors (Lipinski definition) is 4. The molecule has 0 bridgehead atoms. The fraction of sp³-hybridized carbons (Fsp3) is 0.400. The van der Waals surface area contributed by atoms with Crippen LogP contribution in [0.25, 0.3) is 11.0 Å². The number of methoxy groups -OCH3 is 1. The third kappa shape index (κ3) is 4.85. The summed E-state index contributed by atoms with van der Waals surface area (Å²) in [6.45, 7) is 5.62. The number of aromatic amines is 1. The first-order chi connectivity index (χ1) is 18.7. The summed E-state index contributed by atoms with van der Waals surface area (Å²) in [5.74, 6) is -6.76. The molecule has 0 saturated carbocycles. The van der Waals surface area contributed by atoms with Gasteiger partial charge in [0.05, 0.1) is 12.6 Å². The number of alkyl halides is 3. The van der Waals surface area contributed by atoms with Gasteiger partial charge in [-0.05, 0) is 19.7 Å². The van der Waals surface area contributed by atoms with Crippen LogP contribution in [0.4, 0.5) is 27.8 Å². The van der Waals surface area contributed by atoms with E-state index in [1.165, 1.54) is 13.0 Å². The number of halogens is 5. The second-order valence-electron chi connectivity index (χ2n) is 9.47. The first kappa shape index (κ1) is 28.9. The fourth-order valence-corrected chi connectivity index (χ4v) is 4.86. The van der Waals surface area contributed by atoms with Crippen molar-refractivity contribution < 1.29 is 36.2 Å². The van der Waals surface area contributed by atoms with Gasteiger partial charge < -0.3 is 30.5 Å². The Labute approximate surface area is 224 Å². The zero-order chi connectivity index (χ0) is 29.6. The SMILES string of the molecule is C=NCCC(=O)Nc1cc2[nH]c([C@@H]3O[C@@](C)(C(F)(F)F)[C@@H](C)[C@H]3c3ccc(F)c(F)c3OC)nc2c(C(=N)N)n1. The van der Waals surface area contributed by atoms with Crippen molar-refractivity contribution in [3.05, 3.63) is 46.9 Å². The minimum atomic E-state index is -4.85. The fourth-order valence-electron chi connectivity index (χ4n) is 4.86. The van der Waals surface area contributed by atoms with Crippen LogP contribution in [0.1, 0.15) is 49.4 Å². The molecule has 214 valence electrons. The maximum Gasteiger partial charge on any atom is 0.417 e. The smallest absolute Gasteiger partial charge is 0.417 e. The number of ether oxygens (including phenoxy) is 2. The third-order valence-corrected chi connectivity index (χ3v) is 7.09. The van der Waals surface area contributed by atoms with Gasteiger partial charge >= 0.3 is 6.18 Å². The van der Waals surface area contributed by atoms with Crippen LogP contribution in [-0.2, 0) is 9.53 Å². The van der Waals surface area contributed by atoms with E-state index in [9.17, 15) is 26.7 Å². The number of aliphatic imine (C=N–C) groups is 1. The van der Waals surface area contributed by atoms with E-state index < -0.39 is 58.8 Å². The van der Waals surface area contributed by atoms with Crippen molar-refractivity contribution in [1.82, 2.24) is 15.0 Å². The number of H-pyrrole nitrogens is 1. The van der Waals surface area contributed by atoms with Crippen molar-refractivity contribution >= 4 is 35.3 Å². The van der Waals surface area contributed by atoms with E-state index in [2.05, 4.69) is 32.0 Å². The molecule has 5 N–H and O–H groups in total. The van der Waals surface area contributed by atoms with E-state index in [4.69, 9.17) is 20.6 Å². The molecule has 4 rings (SSSR count). The van der Waals surface area contributed by atoms with Crippen molar-refractivity contribution in [2.24, 2.45) is 16.6 Å². The van der Waals surface area contributed by atoms with Crippen molar-refractivity contribution in [3.63, 3.8) is 0 Å².